The molecule has 1 N–H and O–H groups in total. The Hall–Kier alpha value is -3.02. The summed E-state index contributed by atoms with van der Waals surface area (Å²) in [6, 6.07) is 11.9. The standard InChI is InChI=1S/C16H10F2N2O2/c17-11-6-7-12(13(18)8-11)15(21)20-16-19-14(9-22-16)10-4-2-1-3-5-10/h1-9H,(H,19,20,21). The van der Waals surface area contributed by atoms with Crippen LogP contribution in [0.1, 0.15) is 10.4 Å². The minimum absolute atomic E-state index is 0.0624. The molecule has 3 rings (SSSR count). The topological polar surface area (TPSA) is 55.1 Å². The normalized spacial score (nSPS) is 10.5. The number of benzene rings is 2. The zero-order valence-corrected chi connectivity index (χ0v) is 11.2. The molecule has 0 saturated carbocycles. The number of oxazole rings is 1. The molecule has 0 aliphatic heterocycles. The number of hydrogen-bond donors (Lipinski definition) is 1. The maximum absolute atomic E-state index is 13.5. The highest BCUT2D eigenvalue weighted by Gasteiger charge is 2.15. The third-order valence-electron chi connectivity index (χ3n) is 2.97. The monoisotopic (exact) mass is 300 g/mol. The van der Waals surface area contributed by atoms with Crippen LogP contribution in [0.4, 0.5) is 14.8 Å². The van der Waals surface area contributed by atoms with Gasteiger partial charge in [0.25, 0.3) is 5.91 Å². The molecular formula is C16H10F2N2O2. The quantitative estimate of drug-likeness (QED) is 0.798. The molecule has 0 aliphatic rings. The molecule has 0 atom stereocenters. The molecule has 22 heavy (non-hydrogen) atoms. The number of anilines is 1. The van der Waals surface area contributed by atoms with Crippen LogP contribution < -0.4 is 5.32 Å². The number of rotatable bonds is 3. The average molecular weight is 300 g/mol. The van der Waals surface area contributed by atoms with Crippen LogP contribution in [0.15, 0.2) is 59.2 Å². The molecule has 0 radical (unpaired) electrons. The summed E-state index contributed by atoms with van der Waals surface area (Å²) >= 11 is 0. The lowest BCUT2D eigenvalue weighted by molar-refractivity contribution is 0.102. The van der Waals surface area contributed by atoms with Crippen molar-refractivity contribution in [3.63, 3.8) is 0 Å². The van der Waals surface area contributed by atoms with E-state index in [1.165, 1.54) is 6.26 Å². The zero-order chi connectivity index (χ0) is 15.5. The molecule has 110 valence electrons. The van der Waals surface area contributed by atoms with Gasteiger partial charge in [-0.2, -0.15) is 4.98 Å². The minimum Gasteiger partial charge on any atom is -0.431 e. The summed E-state index contributed by atoms with van der Waals surface area (Å²) in [7, 11) is 0. The molecule has 0 fully saturated rings. The lowest BCUT2D eigenvalue weighted by Gasteiger charge is -2.02. The fourth-order valence-corrected chi connectivity index (χ4v) is 1.91. The number of carbonyl (C=O) groups excluding carboxylic acids is 1. The molecule has 0 aliphatic carbocycles. The molecular weight excluding hydrogens is 290 g/mol. The van der Waals surface area contributed by atoms with Crippen molar-refractivity contribution in [2.24, 2.45) is 0 Å². The van der Waals surface area contributed by atoms with Crippen LogP contribution in [-0.4, -0.2) is 10.9 Å². The van der Waals surface area contributed by atoms with E-state index in [2.05, 4.69) is 10.3 Å². The van der Waals surface area contributed by atoms with E-state index in [4.69, 9.17) is 4.42 Å². The number of halogens is 2. The summed E-state index contributed by atoms with van der Waals surface area (Å²) in [4.78, 5) is 16.0. The van der Waals surface area contributed by atoms with Crippen LogP contribution in [0.5, 0.6) is 0 Å². The van der Waals surface area contributed by atoms with E-state index < -0.39 is 17.5 Å². The van der Waals surface area contributed by atoms with Crippen molar-refractivity contribution in [3.8, 4) is 11.3 Å². The van der Waals surface area contributed by atoms with Gasteiger partial charge < -0.3 is 4.42 Å². The third-order valence-corrected chi connectivity index (χ3v) is 2.97. The second kappa shape index (κ2) is 5.77. The lowest BCUT2D eigenvalue weighted by atomic mass is 10.2. The maximum Gasteiger partial charge on any atom is 0.302 e. The van der Waals surface area contributed by atoms with Gasteiger partial charge in [-0.1, -0.05) is 30.3 Å². The van der Waals surface area contributed by atoms with Gasteiger partial charge in [0.15, 0.2) is 0 Å². The van der Waals surface area contributed by atoms with Gasteiger partial charge in [-0.25, -0.2) is 8.78 Å². The lowest BCUT2D eigenvalue weighted by Crippen LogP contribution is -2.14. The van der Waals surface area contributed by atoms with Crippen molar-refractivity contribution in [1.29, 1.82) is 0 Å². The van der Waals surface area contributed by atoms with Gasteiger partial charge in [0.05, 0.1) is 5.56 Å². The Balaban J connectivity index is 1.79. The van der Waals surface area contributed by atoms with Crippen LogP contribution in [0.2, 0.25) is 0 Å². The number of aromatic nitrogens is 1. The van der Waals surface area contributed by atoms with Crippen LogP contribution in [0.25, 0.3) is 11.3 Å². The first-order valence-electron chi connectivity index (χ1n) is 6.41. The van der Waals surface area contributed by atoms with Crippen molar-refractivity contribution in [1.82, 2.24) is 4.98 Å². The Kier molecular flexibility index (Phi) is 3.65. The van der Waals surface area contributed by atoms with Crippen molar-refractivity contribution >= 4 is 11.9 Å². The third kappa shape index (κ3) is 2.85. The molecule has 4 nitrogen and oxygen atoms in total. The molecule has 1 amide bonds. The van der Waals surface area contributed by atoms with E-state index in [1.807, 2.05) is 30.3 Å². The van der Waals surface area contributed by atoms with E-state index >= 15 is 0 Å². The highest BCUT2D eigenvalue weighted by molar-refractivity contribution is 6.03. The van der Waals surface area contributed by atoms with E-state index in [1.54, 1.807) is 0 Å². The Labute approximate surface area is 124 Å². The molecule has 0 unspecified atom stereocenters. The Morgan fingerprint density at radius 2 is 1.86 bits per heavy atom. The molecule has 1 heterocycles. The van der Waals surface area contributed by atoms with Gasteiger partial charge in [-0.3, -0.25) is 10.1 Å². The van der Waals surface area contributed by atoms with Gasteiger partial charge in [0.1, 0.15) is 23.6 Å². The van der Waals surface area contributed by atoms with E-state index in [9.17, 15) is 13.6 Å². The first kappa shape index (κ1) is 13.9. The molecule has 3 aromatic rings. The second-order valence-corrected chi connectivity index (χ2v) is 4.48. The van der Waals surface area contributed by atoms with Gasteiger partial charge in [-0.05, 0) is 12.1 Å². The first-order valence-corrected chi connectivity index (χ1v) is 6.41. The second-order valence-electron chi connectivity index (χ2n) is 4.48. The molecule has 0 bridgehead atoms. The highest BCUT2D eigenvalue weighted by atomic mass is 19.1. The molecule has 0 spiro atoms. The predicted molar refractivity (Wildman–Crippen MR) is 76.3 cm³/mol. The summed E-state index contributed by atoms with van der Waals surface area (Å²) in [6.07, 6.45) is 1.38. The number of carbonyl (C=O) groups is 1. The number of nitrogens with zero attached hydrogens (tertiary/aromatic N) is 1. The van der Waals surface area contributed by atoms with E-state index in [-0.39, 0.29) is 11.6 Å². The van der Waals surface area contributed by atoms with Crippen LogP contribution in [0, 0.1) is 11.6 Å². The van der Waals surface area contributed by atoms with Crippen LogP contribution in [-0.2, 0) is 0 Å². The van der Waals surface area contributed by atoms with Crippen molar-refractivity contribution < 1.29 is 18.0 Å². The minimum atomic E-state index is -0.952. The van der Waals surface area contributed by atoms with Crippen LogP contribution >= 0.6 is 0 Å². The summed E-state index contributed by atoms with van der Waals surface area (Å²) < 4.78 is 31.5. The average Bonchev–Trinajstić information content (AvgIpc) is 2.96. The SMILES string of the molecule is O=C(Nc1nc(-c2ccccc2)co1)c1ccc(F)cc1F. The summed E-state index contributed by atoms with van der Waals surface area (Å²) in [5.74, 6) is -2.47. The molecule has 1 aromatic heterocycles. The van der Waals surface area contributed by atoms with Crippen molar-refractivity contribution in [3.05, 3.63) is 72.0 Å². The summed E-state index contributed by atoms with van der Waals surface area (Å²) in [5.41, 5.74) is 1.07. The Morgan fingerprint density at radius 1 is 1.09 bits per heavy atom. The first-order chi connectivity index (χ1) is 10.6. The van der Waals surface area contributed by atoms with E-state index in [0.717, 1.165) is 17.7 Å². The van der Waals surface area contributed by atoms with Gasteiger partial charge >= 0.3 is 6.01 Å². The van der Waals surface area contributed by atoms with Gasteiger partial charge in [0.2, 0.25) is 0 Å². The van der Waals surface area contributed by atoms with Gasteiger partial charge in [-0.15, -0.1) is 0 Å². The Bertz CT molecular complexity index is 816. The molecule has 2 aromatic carbocycles. The maximum atomic E-state index is 13.5. The van der Waals surface area contributed by atoms with Crippen molar-refractivity contribution in [2.75, 3.05) is 5.32 Å². The highest BCUT2D eigenvalue weighted by Crippen LogP contribution is 2.20. The predicted octanol–water partition coefficient (Wildman–Crippen LogP) is 3.87. The summed E-state index contributed by atoms with van der Waals surface area (Å²) in [5, 5.41) is 2.33. The fraction of sp³-hybridized carbons (Fsp3) is 0. The fourth-order valence-electron chi connectivity index (χ4n) is 1.91. The zero-order valence-electron chi connectivity index (χ0n) is 11.2. The van der Waals surface area contributed by atoms with Gasteiger partial charge in [0, 0.05) is 11.6 Å². The Morgan fingerprint density at radius 3 is 2.59 bits per heavy atom. The summed E-state index contributed by atoms with van der Waals surface area (Å²) in [6.45, 7) is 0. The number of amides is 1. The number of hydrogen-bond acceptors (Lipinski definition) is 3. The smallest absolute Gasteiger partial charge is 0.302 e. The van der Waals surface area contributed by atoms with Crippen molar-refractivity contribution in [2.45, 2.75) is 0 Å². The van der Waals surface area contributed by atoms with E-state index in [0.29, 0.717) is 11.8 Å². The largest absolute Gasteiger partial charge is 0.431 e. The molecule has 6 heteroatoms. The number of nitrogens with one attached hydrogen (secondary N) is 1. The molecule has 0 saturated heterocycles. The van der Waals surface area contributed by atoms with Crippen LogP contribution in [0.3, 0.4) is 0 Å².